The van der Waals surface area contributed by atoms with Gasteiger partial charge in [0.25, 0.3) is 0 Å². The lowest BCUT2D eigenvalue weighted by Gasteiger charge is -2.09. The van der Waals surface area contributed by atoms with Gasteiger partial charge in [0.05, 0.1) is 0 Å². The van der Waals surface area contributed by atoms with Crippen molar-refractivity contribution in [2.45, 2.75) is 5.37 Å². The van der Waals surface area contributed by atoms with Gasteiger partial charge >= 0.3 is 0 Å². The molecule has 3 rings (SSSR count). The Kier molecular flexibility index (Phi) is 3.26. The molecule has 0 aromatic heterocycles. The third-order valence-corrected chi connectivity index (χ3v) is 4.12. The zero-order valence-corrected chi connectivity index (χ0v) is 11.1. The van der Waals surface area contributed by atoms with Gasteiger partial charge in [-0.2, -0.15) is 5.10 Å². The van der Waals surface area contributed by atoms with E-state index in [1.807, 2.05) is 42.5 Å². The fraction of sp³-hybridized carbons (Fsp3) is 0.0714. The minimum atomic E-state index is 0.164. The highest BCUT2D eigenvalue weighted by molar-refractivity contribution is 8.14. The van der Waals surface area contributed by atoms with E-state index in [2.05, 4.69) is 22.7 Å². The molecule has 0 aliphatic carbocycles. The van der Waals surface area contributed by atoms with Crippen LogP contribution in [-0.2, 0) is 0 Å². The first-order chi connectivity index (χ1) is 8.83. The number of hydrogen-bond donors (Lipinski definition) is 1. The summed E-state index contributed by atoms with van der Waals surface area (Å²) in [4.78, 5) is 0. The number of hydrazone groups is 1. The Morgan fingerprint density at radius 3 is 2.44 bits per heavy atom. The molecule has 1 aliphatic heterocycles. The van der Waals surface area contributed by atoms with Gasteiger partial charge < -0.3 is 0 Å². The molecular weight excluding hydrogens is 264 g/mol. The van der Waals surface area contributed by atoms with E-state index in [0.717, 1.165) is 15.6 Å². The average Bonchev–Trinajstić information content (AvgIpc) is 2.90. The highest BCUT2D eigenvalue weighted by Gasteiger charge is 2.21. The molecule has 0 bridgehead atoms. The van der Waals surface area contributed by atoms with Crippen molar-refractivity contribution in [2.75, 3.05) is 0 Å². The number of nitrogens with one attached hydrogen (secondary N) is 1. The van der Waals surface area contributed by atoms with Crippen molar-refractivity contribution in [2.24, 2.45) is 5.10 Å². The summed E-state index contributed by atoms with van der Waals surface area (Å²) < 4.78 is 0. The van der Waals surface area contributed by atoms with Gasteiger partial charge in [-0.15, -0.1) is 0 Å². The molecule has 0 saturated carbocycles. The molecule has 2 nitrogen and oxygen atoms in total. The van der Waals surface area contributed by atoms with Crippen LogP contribution < -0.4 is 5.43 Å². The van der Waals surface area contributed by atoms with E-state index >= 15 is 0 Å². The van der Waals surface area contributed by atoms with Crippen molar-refractivity contribution < 1.29 is 0 Å². The normalized spacial score (nSPS) is 18.3. The third-order valence-electron chi connectivity index (χ3n) is 2.71. The highest BCUT2D eigenvalue weighted by Crippen LogP contribution is 2.34. The minimum absolute atomic E-state index is 0.164. The maximum absolute atomic E-state index is 5.89. The van der Waals surface area contributed by atoms with E-state index < -0.39 is 0 Å². The van der Waals surface area contributed by atoms with E-state index in [0.29, 0.717) is 0 Å². The Bertz CT molecular complexity index is 566. The molecule has 0 amide bonds. The molecule has 90 valence electrons. The monoisotopic (exact) mass is 274 g/mol. The summed E-state index contributed by atoms with van der Waals surface area (Å²) >= 11 is 7.61. The van der Waals surface area contributed by atoms with Crippen LogP contribution >= 0.6 is 23.4 Å². The van der Waals surface area contributed by atoms with Crippen molar-refractivity contribution in [3.63, 3.8) is 0 Å². The Labute approximate surface area is 115 Å². The zero-order valence-electron chi connectivity index (χ0n) is 9.51. The van der Waals surface area contributed by atoms with Crippen LogP contribution in [0.1, 0.15) is 16.5 Å². The van der Waals surface area contributed by atoms with Crippen LogP contribution in [0.5, 0.6) is 0 Å². The van der Waals surface area contributed by atoms with Gasteiger partial charge in [0, 0.05) is 10.6 Å². The van der Waals surface area contributed by atoms with Crippen molar-refractivity contribution in [3.8, 4) is 0 Å². The average molecular weight is 275 g/mol. The lowest BCUT2D eigenvalue weighted by atomic mass is 10.2. The molecule has 1 N–H and O–H groups in total. The Hall–Kier alpha value is -1.45. The van der Waals surface area contributed by atoms with Crippen molar-refractivity contribution in [1.29, 1.82) is 0 Å². The number of rotatable bonds is 2. The van der Waals surface area contributed by atoms with Crippen LogP contribution in [0.4, 0.5) is 0 Å². The second kappa shape index (κ2) is 5.04. The summed E-state index contributed by atoms with van der Waals surface area (Å²) in [5, 5.41) is 6.33. The van der Waals surface area contributed by atoms with Gasteiger partial charge in [-0.25, -0.2) is 0 Å². The van der Waals surface area contributed by atoms with E-state index in [1.165, 1.54) is 5.56 Å². The molecule has 0 spiro atoms. The molecule has 0 saturated heterocycles. The van der Waals surface area contributed by atoms with Crippen molar-refractivity contribution in [3.05, 3.63) is 70.7 Å². The molecule has 1 aliphatic rings. The van der Waals surface area contributed by atoms with E-state index in [-0.39, 0.29) is 5.37 Å². The highest BCUT2D eigenvalue weighted by atomic mass is 35.5. The predicted octanol–water partition coefficient (Wildman–Crippen LogP) is 4.04. The molecule has 1 atom stereocenters. The number of benzene rings is 2. The summed E-state index contributed by atoms with van der Waals surface area (Å²) in [6, 6.07) is 18.0. The molecule has 0 radical (unpaired) electrons. The van der Waals surface area contributed by atoms with Crippen LogP contribution in [0, 0.1) is 0 Å². The lowest BCUT2D eigenvalue weighted by molar-refractivity contribution is 0.744. The zero-order chi connectivity index (χ0) is 12.4. The van der Waals surface area contributed by atoms with E-state index in [9.17, 15) is 0 Å². The number of thioether (sulfide) groups is 1. The number of hydrogen-bond acceptors (Lipinski definition) is 3. The van der Waals surface area contributed by atoms with Crippen LogP contribution in [-0.4, -0.2) is 5.04 Å². The van der Waals surface area contributed by atoms with Crippen molar-refractivity contribution >= 4 is 28.4 Å². The van der Waals surface area contributed by atoms with E-state index in [1.54, 1.807) is 11.8 Å². The second-order valence-electron chi connectivity index (χ2n) is 3.96. The van der Waals surface area contributed by atoms with Gasteiger partial charge in [0.1, 0.15) is 10.4 Å². The van der Waals surface area contributed by atoms with Crippen molar-refractivity contribution in [1.82, 2.24) is 5.43 Å². The predicted molar refractivity (Wildman–Crippen MR) is 77.9 cm³/mol. The standard InChI is InChI=1S/C14H11ClN2S/c15-12-8-6-11(7-9-12)14-17-16-13(18-14)10-4-2-1-3-5-10/h1-9,14,17H/t14-/m0/s1. The van der Waals surface area contributed by atoms with Crippen LogP contribution in [0.25, 0.3) is 0 Å². The largest absolute Gasteiger partial charge is 0.291 e. The van der Waals surface area contributed by atoms with Gasteiger partial charge in [-0.1, -0.05) is 65.8 Å². The lowest BCUT2D eigenvalue weighted by Crippen LogP contribution is -2.06. The summed E-state index contributed by atoms with van der Waals surface area (Å²) in [6.45, 7) is 0. The smallest absolute Gasteiger partial charge is 0.126 e. The van der Waals surface area contributed by atoms with Gasteiger partial charge in [0.15, 0.2) is 0 Å². The van der Waals surface area contributed by atoms with Gasteiger partial charge in [-0.3, -0.25) is 5.43 Å². The molecule has 18 heavy (non-hydrogen) atoms. The third kappa shape index (κ3) is 2.37. The fourth-order valence-corrected chi connectivity index (χ4v) is 2.90. The first-order valence-electron chi connectivity index (χ1n) is 5.64. The number of halogens is 1. The molecule has 2 aromatic rings. The number of nitrogens with zero attached hydrogens (tertiary/aromatic N) is 1. The maximum atomic E-state index is 5.89. The molecule has 0 fully saturated rings. The van der Waals surface area contributed by atoms with Crippen LogP contribution in [0.15, 0.2) is 59.7 Å². The quantitative estimate of drug-likeness (QED) is 0.894. The Morgan fingerprint density at radius 1 is 1.00 bits per heavy atom. The summed E-state index contributed by atoms with van der Waals surface area (Å²) in [5.74, 6) is 0. The van der Waals surface area contributed by atoms with Crippen LogP contribution in [0.2, 0.25) is 5.02 Å². The molecular formula is C14H11ClN2S. The molecule has 1 heterocycles. The summed E-state index contributed by atoms with van der Waals surface area (Å²) in [6.07, 6.45) is 0. The second-order valence-corrected chi connectivity index (χ2v) is 5.49. The fourth-order valence-electron chi connectivity index (χ4n) is 1.78. The Morgan fingerprint density at radius 2 is 1.72 bits per heavy atom. The first kappa shape index (κ1) is 11.6. The molecule has 4 heteroatoms. The molecule has 2 aromatic carbocycles. The SMILES string of the molecule is Clc1ccc([C@H]2NN=C(c3ccccc3)S2)cc1. The maximum Gasteiger partial charge on any atom is 0.126 e. The first-order valence-corrected chi connectivity index (χ1v) is 6.89. The topological polar surface area (TPSA) is 24.4 Å². The van der Waals surface area contributed by atoms with E-state index in [4.69, 9.17) is 11.6 Å². The summed E-state index contributed by atoms with van der Waals surface area (Å²) in [7, 11) is 0. The summed E-state index contributed by atoms with van der Waals surface area (Å²) in [5.41, 5.74) is 5.47. The molecule has 0 unspecified atom stereocenters. The Balaban J connectivity index is 1.76. The van der Waals surface area contributed by atoms with Gasteiger partial charge in [-0.05, 0) is 17.7 Å². The minimum Gasteiger partial charge on any atom is -0.291 e. The van der Waals surface area contributed by atoms with Crippen LogP contribution in [0.3, 0.4) is 0 Å². The van der Waals surface area contributed by atoms with Gasteiger partial charge in [0.2, 0.25) is 0 Å².